The van der Waals surface area contributed by atoms with Gasteiger partial charge in [0.1, 0.15) is 11.6 Å². The highest BCUT2D eigenvalue weighted by atomic mass is 16.5. The Kier molecular flexibility index (Phi) is 3.13. The standard InChI is InChI=1S/C15H15N5O2/c16-3-10-5-18-20-6-11(4-17-15(10)20)14(21)9-1-12-7-22-8-13(2-9)19-12/h4-6,9,12-13,19H,1-2,7-8H2. The number of hydrogen-bond acceptors (Lipinski definition) is 6. The number of carbonyl (C=O) groups is 1. The van der Waals surface area contributed by atoms with Gasteiger partial charge in [0, 0.05) is 30.4 Å². The molecule has 0 radical (unpaired) electrons. The summed E-state index contributed by atoms with van der Waals surface area (Å²) < 4.78 is 7.01. The lowest BCUT2D eigenvalue weighted by atomic mass is 9.82. The second-order valence-electron chi connectivity index (χ2n) is 5.91. The van der Waals surface area contributed by atoms with Crippen molar-refractivity contribution in [3.8, 4) is 6.07 Å². The molecule has 2 saturated heterocycles. The lowest BCUT2D eigenvalue weighted by molar-refractivity contribution is 0.00951. The molecule has 2 aromatic heterocycles. The average molecular weight is 297 g/mol. The van der Waals surface area contributed by atoms with Crippen LogP contribution in [0.25, 0.3) is 5.65 Å². The van der Waals surface area contributed by atoms with Crippen LogP contribution in [0.2, 0.25) is 0 Å². The molecule has 7 nitrogen and oxygen atoms in total. The van der Waals surface area contributed by atoms with Crippen molar-refractivity contribution in [1.82, 2.24) is 19.9 Å². The molecule has 2 fully saturated rings. The number of carbonyl (C=O) groups excluding carboxylic acids is 1. The molecule has 0 aliphatic carbocycles. The number of aromatic nitrogens is 3. The minimum absolute atomic E-state index is 0.00889. The first kappa shape index (κ1) is 13.4. The summed E-state index contributed by atoms with van der Waals surface area (Å²) in [5.41, 5.74) is 1.44. The minimum atomic E-state index is -0.00889. The van der Waals surface area contributed by atoms with Crippen molar-refractivity contribution < 1.29 is 9.53 Å². The minimum Gasteiger partial charge on any atom is -0.378 e. The van der Waals surface area contributed by atoms with Gasteiger partial charge in [-0.05, 0) is 12.8 Å². The Morgan fingerprint density at radius 2 is 2.14 bits per heavy atom. The van der Waals surface area contributed by atoms with Crippen LogP contribution in [0.15, 0.2) is 18.6 Å². The van der Waals surface area contributed by atoms with Gasteiger partial charge in [0.2, 0.25) is 0 Å². The molecule has 112 valence electrons. The molecule has 2 bridgehead atoms. The molecule has 2 aliphatic heterocycles. The first-order valence-corrected chi connectivity index (χ1v) is 7.36. The SMILES string of the molecule is N#Cc1cnn2cc(C(=O)C3CC4COCC(C3)N4)cnc12. The molecule has 0 amide bonds. The number of nitrogens with zero attached hydrogens (tertiary/aromatic N) is 4. The Bertz CT molecular complexity index is 766. The third-order valence-corrected chi connectivity index (χ3v) is 4.38. The zero-order valence-corrected chi connectivity index (χ0v) is 11.9. The van der Waals surface area contributed by atoms with Crippen molar-refractivity contribution in [3.63, 3.8) is 0 Å². The van der Waals surface area contributed by atoms with E-state index in [1.54, 1.807) is 12.4 Å². The Labute approximate surface area is 126 Å². The van der Waals surface area contributed by atoms with Crippen molar-refractivity contribution in [3.05, 3.63) is 29.7 Å². The van der Waals surface area contributed by atoms with E-state index in [4.69, 9.17) is 10.00 Å². The Morgan fingerprint density at radius 3 is 2.86 bits per heavy atom. The van der Waals surface area contributed by atoms with E-state index in [-0.39, 0.29) is 23.8 Å². The second-order valence-corrected chi connectivity index (χ2v) is 5.91. The van der Waals surface area contributed by atoms with Crippen LogP contribution in [-0.2, 0) is 4.74 Å². The van der Waals surface area contributed by atoms with Crippen molar-refractivity contribution in [2.75, 3.05) is 13.2 Å². The van der Waals surface area contributed by atoms with Crippen molar-refractivity contribution >= 4 is 11.4 Å². The van der Waals surface area contributed by atoms with Crippen LogP contribution < -0.4 is 5.32 Å². The van der Waals surface area contributed by atoms with Crippen LogP contribution in [0.4, 0.5) is 0 Å². The summed E-state index contributed by atoms with van der Waals surface area (Å²) in [6, 6.07) is 2.55. The Hall–Kier alpha value is -2.30. The van der Waals surface area contributed by atoms with Gasteiger partial charge in [-0.25, -0.2) is 9.50 Å². The van der Waals surface area contributed by atoms with Crippen molar-refractivity contribution in [2.45, 2.75) is 24.9 Å². The fraction of sp³-hybridized carbons (Fsp3) is 0.467. The normalized spacial score (nSPS) is 27.5. The van der Waals surface area contributed by atoms with E-state index in [0.29, 0.717) is 30.0 Å². The third kappa shape index (κ3) is 2.17. The van der Waals surface area contributed by atoms with Gasteiger partial charge in [-0.15, -0.1) is 0 Å². The predicted molar refractivity (Wildman–Crippen MR) is 76.3 cm³/mol. The number of ether oxygens (including phenoxy) is 1. The largest absolute Gasteiger partial charge is 0.378 e. The molecule has 4 heterocycles. The topological polar surface area (TPSA) is 92.3 Å². The molecule has 2 aromatic rings. The van der Waals surface area contributed by atoms with Crippen LogP contribution in [-0.4, -0.2) is 45.7 Å². The zero-order valence-electron chi connectivity index (χ0n) is 11.9. The molecule has 7 heteroatoms. The maximum absolute atomic E-state index is 12.7. The summed E-state index contributed by atoms with van der Waals surface area (Å²) in [5, 5.41) is 16.5. The molecule has 2 aliphatic rings. The number of fused-ring (bicyclic) bond motifs is 3. The number of hydrogen-bond donors (Lipinski definition) is 1. The lowest BCUT2D eigenvalue weighted by Crippen LogP contribution is -2.55. The molecule has 4 rings (SSSR count). The van der Waals surface area contributed by atoms with E-state index in [1.807, 2.05) is 6.07 Å². The average Bonchev–Trinajstić information content (AvgIpc) is 2.96. The van der Waals surface area contributed by atoms with E-state index in [2.05, 4.69) is 15.4 Å². The van der Waals surface area contributed by atoms with Gasteiger partial charge in [0.25, 0.3) is 0 Å². The van der Waals surface area contributed by atoms with Gasteiger partial charge in [-0.3, -0.25) is 4.79 Å². The lowest BCUT2D eigenvalue weighted by Gasteiger charge is -2.39. The molecule has 0 spiro atoms. The highest BCUT2D eigenvalue weighted by Gasteiger charge is 2.35. The third-order valence-electron chi connectivity index (χ3n) is 4.38. The number of ketones is 1. The molecule has 0 aromatic carbocycles. The summed E-state index contributed by atoms with van der Waals surface area (Å²) in [7, 11) is 0. The molecule has 2 atom stereocenters. The van der Waals surface area contributed by atoms with E-state index in [9.17, 15) is 4.79 Å². The molecule has 2 unspecified atom stereocenters. The van der Waals surface area contributed by atoms with Gasteiger partial charge in [0.05, 0.1) is 25.0 Å². The van der Waals surface area contributed by atoms with Crippen LogP contribution in [0.1, 0.15) is 28.8 Å². The highest BCUT2D eigenvalue weighted by molar-refractivity contribution is 5.97. The van der Waals surface area contributed by atoms with E-state index in [0.717, 1.165) is 12.8 Å². The van der Waals surface area contributed by atoms with E-state index < -0.39 is 0 Å². The second kappa shape index (κ2) is 5.16. The smallest absolute Gasteiger partial charge is 0.172 e. The maximum Gasteiger partial charge on any atom is 0.172 e. The van der Waals surface area contributed by atoms with Gasteiger partial charge < -0.3 is 10.1 Å². The van der Waals surface area contributed by atoms with Gasteiger partial charge in [-0.2, -0.15) is 10.4 Å². The molecular formula is C15H15N5O2. The van der Waals surface area contributed by atoms with Crippen LogP contribution in [0, 0.1) is 17.2 Å². The van der Waals surface area contributed by atoms with E-state index >= 15 is 0 Å². The summed E-state index contributed by atoms with van der Waals surface area (Å²) in [4.78, 5) is 17.0. The molecule has 22 heavy (non-hydrogen) atoms. The zero-order chi connectivity index (χ0) is 15.1. The fourth-order valence-electron chi connectivity index (χ4n) is 3.37. The predicted octanol–water partition coefficient (Wildman–Crippen LogP) is 0.551. The summed E-state index contributed by atoms with van der Waals surface area (Å²) >= 11 is 0. The number of nitriles is 1. The number of morpholine rings is 1. The van der Waals surface area contributed by atoms with Gasteiger partial charge >= 0.3 is 0 Å². The van der Waals surface area contributed by atoms with Crippen molar-refractivity contribution in [1.29, 1.82) is 5.26 Å². The monoisotopic (exact) mass is 297 g/mol. The van der Waals surface area contributed by atoms with Crippen LogP contribution in [0.5, 0.6) is 0 Å². The van der Waals surface area contributed by atoms with Crippen LogP contribution >= 0.6 is 0 Å². The van der Waals surface area contributed by atoms with Gasteiger partial charge in [-0.1, -0.05) is 0 Å². The number of rotatable bonds is 2. The highest BCUT2D eigenvalue weighted by Crippen LogP contribution is 2.27. The first-order valence-electron chi connectivity index (χ1n) is 7.36. The number of Topliss-reactive ketones (excluding diaryl/α,β-unsaturated/α-hetero) is 1. The summed E-state index contributed by atoms with van der Waals surface area (Å²) in [6.07, 6.45) is 6.25. The summed E-state index contributed by atoms with van der Waals surface area (Å²) in [5.74, 6) is 0.0900. The van der Waals surface area contributed by atoms with E-state index in [1.165, 1.54) is 10.7 Å². The molecular weight excluding hydrogens is 282 g/mol. The molecule has 0 saturated carbocycles. The Balaban J connectivity index is 1.61. The summed E-state index contributed by atoms with van der Waals surface area (Å²) in [6.45, 7) is 1.34. The Morgan fingerprint density at radius 1 is 1.36 bits per heavy atom. The van der Waals surface area contributed by atoms with Gasteiger partial charge in [0.15, 0.2) is 11.4 Å². The van der Waals surface area contributed by atoms with Crippen LogP contribution in [0.3, 0.4) is 0 Å². The molecule has 1 N–H and O–H groups in total. The number of piperidine rings is 1. The number of nitrogens with one attached hydrogen (secondary N) is 1. The first-order chi connectivity index (χ1) is 10.7. The fourth-order valence-corrected chi connectivity index (χ4v) is 3.37. The maximum atomic E-state index is 12.7. The van der Waals surface area contributed by atoms with Crippen molar-refractivity contribution in [2.24, 2.45) is 5.92 Å². The quantitative estimate of drug-likeness (QED) is 0.814.